The number of aromatic nitrogens is 2. The normalized spacial score (nSPS) is 10.4. The molecule has 1 N–H and O–H groups in total. The molecule has 0 unspecified atom stereocenters. The Kier molecular flexibility index (Phi) is 3.20. The summed E-state index contributed by atoms with van der Waals surface area (Å²) in [6.07, 6.45) is 2.80. The fourth-order valence-corrected chi connectivity index (χ4v) is 1.49. The predicted molar refractivity (Wildman–Crippen MR) is 61.2 cm³/mol. The lowest BCUT2D eigenvalue weighted by Crippen LogP contribution is -1.96. The van der Waals surface area contributed by atoms with Gasteiger partial charge in [0.2, 0.25) is 0 Å². The summed E-state index contributed by atoms with van der Waals surface area (Å²) in [6, 6.07) is 7.57. The molecule has 0 saturated heterocycles. The molecule has 0 radical (unpaired) electrons. The van der Waals surface area contributed by atoms with E-state index in [9.17, 15) is 4.79 Å². The van der Waals surface area contributed by atoms with Crippen molar-refractivity contribution in [2.75, 3.05) is 7.11 Å². The zero-order valence-electron chi connectivity index (χ0n) is 9.33. The standard InChI is InChI=1S/C12H12N2O3/c1-17-8-9-2-4-11(5-3-9)14-7-10(6-13-14)12(15)16/h2-7H,8H2,1H3,(H,15,16). The molecule has 2 aromatic rings. The number of carbonyl (C=O) groups is 1. The Balaban J connectivity index is 2.23. The summed E-state index contributed by atoms with van der Waals surface area (Å²) in [5.41, 5.74) is 2.05. The molecule has 0 amide bonds. The molecule has 5 nitrogen and oxygen atoms in total. The van der Waals surface area contributed by atoms with Crippen LogP contribution in [0.1, 0.15) is 15.9 Å². The molecule has 88 valence electrons. The van der Waals surface area contributed by atoms with E-state index >= 15 is 0 Å². The summed E-state index contributed by atoms with van der Waals surface area (Å²) < 4.78 is 6.54. The molecule has 0 aliphatic heterocycles. The molecule has 0 fully saturated rings. The number of aromatic carboxylic acids is 1. The van der Waals surface area contributed by atoms with E-state index in [1.165, 1.54) is 17.1 Å². The lowest BCUT2D eigenvalue weighted by Gasteiger charge is -2.03. The van der Waals surface area contributed by atoms with Gasteiger partial charge in [-0.3, -0.25) is 0 Å². The van der Waals surface area contributed by atoms with Crippen LogP contribution in [-0.4, -0.2) is 28.0 Å². The Morgan fingerprint density at radius 3 is 2.65 bits per heavy atom. The summed E-state index contributed by atoms with van der Waals surface area (Å²) in [5, 5.41) is 12.8. The first kappa shape index (κ1) is 11.3. The van der Waals surface area contributed by atoms with Crippen LogP contribution in [0.5, 0.6) is 0 Å². The van der Waals surface area contributed by atoms with Crippen molar-refractivity contribution in [1.29, 1.82) is 0 Å². The highest BCUT2D eigenvalue weighted by Crippen LogP contribution is 2.10. The van der Waals surface area contributed by atoms with Crippen LogP contribution in [0.15, 0.2) is 36.7 Å². The summed E-state index contributed by atoms with van der Waals surface area (Å²) in [5.74, 6) is -0.979. The first-order chi connectivity index (χ1) is 8.20. The van der Waals surface area contributed by atoms with Gasteiger partial charge in [0, 0.05) is 13.3 Å². The molecule has 2 rings (SSSR count). The maximum Gasteiger partial charge on any atom is 0.338 e. The van der Waals surface area contributed by atoms with Crippen molar-refractivity contribution in [3.05, 3.63) is 47.8 Å². The third-order valence-corrected chi connectivity index (χ3v) is 2.34. The van der Waals surface area contributed by atoms with E-state index in [1.54, 1.807) is 7.11 Å². The first-order valence-electron chi connectivity index (χ1n) is 5.07. The predicted octanol–water partition coefficient (Wildman–Crippen LogP) is 1.72. The number of hydrogen-bond acceptors (Lipinski definition) is 3. The molecule has 0 spiro atoms. The van der Waals surface area contributed by atoms with Crippen LogP contribution in [0.4, 0.5) is 0 Å². The van der Waals surface area contributed by atoms with Crippen molar-refractivity contribution in [3.63, 3.8) is 0 Å². The van der Waals surface area contributed by atoms with Gasteiger partial charge in [0.15, 0.2) is 0 Å². The smallest absolute Gasteiger partial charge is 0.338 e. The van der Waals surface area contributed by atoms with E-state index in [4.69, 9.17) is 9.84 Å². The lowest BCUT2D eigenvalue weighted by atomic mass is 10.2. The molecule has 0 atom stereocenters. The Morgan fingerprint density at radius 1 is 1.41 bits per heavy atom. The van der Waals surface area contributed by atoms with E-state index in [-0.39, 0.29) is 5.56 Å². The topological polar surface area (TPSA) is 64.3 Å². The van der Waals surface area contributed by atoms with Crippen LogP contribution in [0.25, 0.3) is 5.69 Å². The zero-order valence-corrected chi connectivity index (χ0v) is 9.33. The molecule has 0 saturated carbocycles. The Labute approximate surface area is 98.3 Å². The first-order valence-corrected chi connectivity index (χ1v) is 5.07. The van der Waals surface area contributed by atoms with Gasteiger partial charge < -0.3 is 9.84 Å². The monoisotopic (exact) mass is 232 g/mol. The van der Waals surface area contributed by atoms with E-state index in [0.717, 1.165) is 11.3 Å². The summed E-state index contributed by atoms with van der Waals surface area (Å²) >= 11 is 0. The van der Waals surface area contributed by atoms with E-state index in [2.05, 4.69) is 5.10 Å². The van der Waals surface area contributed by atoms with Crippen molar-refractivity contribution in [3.8, 4) is 5.69 Å². The lowest BCUT2D eigenvalue weighted by molar-refractivity contribution is 0.0697. The number of ether oxygens (including phenoxy) is 1. The molecule has 0 bridgehead atoms. The minimum atomic E-state index is -0.979. The molecule has 0 aliphatic carbocycles. The van der Waals surface area contributed by atoms with Gasteiger partial charge in [0.05, 0.1) is 24.1 Å². The number of hydrogen-bond donors (Lipinski definition) is 1. The number of carboxylic acids is 1. The largest absolute Gasteiger partial charge is 0.478 e. The van der Waals surface area contributed by atoms with Crippen LogP contribution >= 0.6 is 0 Å². The van der Waals surface area contributed by atoms with Crippen molar-refractivity contribution in [1.82, 2.24) is 9.78 Å². The highest BCUT2D eigenvalue weighted by Gasteiger charge is 2.06. The third-order valence-electron chi connectivity index (χ3n) is 2.34. The van der Waals surface area contributed by atoms with Crippen LogP contribution in [0, 0.1) is 0 Å². The highest BCUT2D eigenvalue weighted by atomic mass is 16.5. The van der Waals surface area contributed by atoms with E-state index in [0.29, 0.717) is 6.61 Å². The molecule has 17 heavy (non-hydrogen) atoms. The summed E-state index contributed by atoms with van der Waals surface area (Å²) in [7, 11) is 1.64. The van der Waals surface area contributed by atoms with Gasteiger partial charge in [-0.05, 0) is 17.7 Å². The average Bonchev–Trinajstić information content (AvgIpc) is 2.80. The number of rotatable bonds is 4. The molecular weight excluding hydrogens is 220 g/mol. The molecular formula is C12H12N2O3. The average molecular weight is 232 g/mol. The summed E-state index contributed by atoms with van der Waals surface area (Å²) in [6.45, 7) is 0.555. The maximum atomic E-state index is 10.7. The van der Waals surface area contributed by atoms with Crippen LogP contribution in [0.2, 0.25) is 0 Å². The van der Waals surface area contributed by atoms with Gasteiger partial charge in [0.1, 0.15) is 0 Å². The molecule has 1 aromatic carbocycles. The van der Waals surface area contributed by atoms with Crippen LogP contribution < -0.4 is 0 Å². The second kappa shape index (κ2) is 4.80. The molecule has 1 heterocycles. The fraction of sp³-hybridized carbons (Fsp3) is 0.167. The van der Waals surface area contributed by atoms with Crippen LogP contribution in [0.3, 0.4) is 0 Å². The number of methoxy groups -OCH3 is 1. The SMILES string of the molecule is COCc1ccc(-n2cc(C(=O)O)cn2)cc1. The minimum absolute atomic E-state index is 0.172. The fourth-order valence-electron chi connectivity index (χ4n) is 1.49. The minimum Gasteiger partial charge on any atom is -0.478 e. The molecule has 5 heteroatoms. The number of nitrogens with zero attached hydrogens (tertiary/aromatic N) is 2. The maximum absolute atomic E-state index is 10.7. The van der Waals surface area contributed by atoms with Gasteiger partial charge >= 0.3 is 5.97 Å². The van der Waals surface area contributed by atoms with Crippen molar-refractivity contribution in [2.45, 2.75) is 6.61 Å². The Bertz CT molecular complexity index is 517. The van der Waals surface area contributed by atoms with Gasteiger partial charge in [0.25, 0.3) is 0 Å². The van der Waals surface area contributed by atoms with E-state index < -0.39 is 5.97 Å². The molecule has 0 aliphatic rings. The second-order valence-electron chi connectivity index (χ2n) is 3.58. The van der Waals surface area contributed by atoms with Gasteiger partial charge in [-0.25, -0.2) is 9.48 Å². The highest BCUT2D eigenvalue weighted by molar-refractivity contribution is 5.86. The van der Waals surface area contributed by atoms with Gasteiger partial charge in [-0.15, -0.1) is 0 Å². The van der Waals surface area contributed by atoms with Crippen molar-refractivity contribution in [2.24, 2.45) is 0 Å². The Hall–Kier alpha value is -2.14. The summed E-state index contributed by atoms with van der Waals surface area (Å²) in [4.78, 5) is 10.7. The van der Waals surface area contributed by atoms with Crippen molar-refractivity contribution >= 4 is 5.97 Å². The van der Waals surface area contributed by atoms with Gasteiger partial charge in [-0.1, -0.05) is 12.1 Å². The number of benzene rings is 1. The number of carboxylic acid groups (broad SMARTS) is 1. The quantitative estimate of drug-likeness (QED) is 0.871. The van der Waals surface area contributed by atoms with Crippen molar-refractivity contribution < 1.29 is 14.6 Å². The third kappa shape index (κ3) is 2.51. The van der Waals surface area contributed by atoms with Crippen LogP contribution in [-0.2, 0) is 11.3 Å². The van der Waals surface area contributed by atoms with Gasteiger partial charge in [-0.2, -0.15) is 5.10 Å². The van der Waals surface area contributed by atoms with E-state index in [1.807, 2.05) is 24.3 Å². The zero-order chi connectivity index (χ0) is 12.3. The molecule has 1 aromatic heterocycles. The Morgan fingerprint density at radius 2 is 2.12 bits per heavy atom. The second-order valence-corrected chi connectivity index (χ2v) is 3.58.